The van der Waals surface area contributed by atoms with Gasteiger partial charge >= 0.3 is 5.97 Å². The molecule has 8 bridgehead atoms. The van der Waals surface area contributed by atoms with Crippen molar-refractivity contribution in [3.05, 3.63) is 52.1 Å². The van der Waals surface area contributed by atoms with E-state index in [9.17, 15) is 14.4 Å². The number of carbonyl (C=O) groups excluding carboxylic acids is 3. The summed E-state index contributed by atoms with van der Waals surface area (Å²) in [6.45, 7) is 17.4. The van der Waals surface area contributed by atoms with Crippen molar-refractivity contribution in [2.24, 2.45) is 29.1 Å². The summed E-state index contributed by atoms with van der Waals surface area (Å²) in [5.41, 5.74) is 11.0. The molecule has 4 aromatic rings. The number of methoxy groups -OCH3 is 1. The third kappa shape index (κ3) is 7.41. The summed E-state index contributed by atoms with van der Waals surface area (Å²) >= 11 is 1.50. The van der Waals surface area contributed by atoms with E-state index in [1.165, 1.54) is 11.3 Å². The number of amides is 2. The molecule has 3 aromatic heterocycles. The van der Waals surface area contributed by atoms with Gasteiger partial charge in [-0.15, -0.1) is 11.3 Å². The van der Waals surface area contributed by atoms with E-state index in [1.807, 2.05) is 6.20 Å². The Labute approximate surface area is 357 Å². The van der Waals surface area contributed by atoms with Gasteiger partial charge in [0, 0.05) is 91.0 Å². The second-order valence-corrected chi connectivity index (χ2v) is 19.8. The van der Waals surface area contributed by atoms with Crippen molar-refractivity contribution in [1.82, 2.24) is 35.2 Å². The Morgan fingerprint density at radius 2 is 1.87 bits per heavy atom. The van der Waals surface area contributed by atoms with Crippen LogP contribution in [0.1, 0.15) is 76.8 Å². The first-order valence-electron chi connectivity index (χ1n) is 21.9. The van der Waals surface area contributed by atoms with Crippen molar-refractivity contribution >= 4 is 45.7 Å². The van der Waals surface area contributed by atoms with Crippen molar-refractivity contribution in [3.63, 3.8) is 0 Å². The summed E-state index contributed by atoms with van der Waals surface area (Å²) < 4.78 is 14.6. The number of nitrogens with zero attached hydrogens (tertiary/aromatic N) is 6. The number of hydrazine groups is 1. The lowest BCUT2D eigenvalue weighted by Gasteiger charge is -2.53. The van der Waals surface area contributed by atoms with Gasteiger partial charge in [0.25, 0.3) is 5.91 Å². The minimum absolute atomic E-state index is 0.0419. The highest BCUT2D eigenvalue weighted by Gasteiger charge is 2.53. The van der Waals surface area contributed by atoms with Crippen LogP contribution in [0.4, 0.5) is 5.69 Å². The number of rotatable bonds is 7. The predicted octanol–water partition coefficient (Wildman–Crippen LogP) is 5.85. The predicted molar refractivity (Wildman–Crippen MR) is 233 cm³/mol. The molecule has 6 atom stereocenters. The van der Waals surface area contributed by atoms with Gasteiger partial charge in [-0.05, 0) is 81.7 Å². The van der Waals surface area contributed by atoms with Gasteiger partial charge in [-0.3, -0.25) is 24.4 Å². The van der Waals surface area contributed by atoms with Gasteiger partial charge in [-0.1, -0.05) is 33.8 Å². The molecular formula is C46H60N8O5S. The Bertz CT molecular complexity index is 2300. The number of pyridine rings is 1. The van der Waals surface area contributed by atoms with Gasteiger partial charge in [0.05, 0.1) is 46.7 Å². The van der Waals surface area contributed by atoms with Crippen LogP contribution in [-0.2, 0) is 43.2 Å². The number of anilines is 1. The minimum Gasteiger partial charge on any atom is -0.464 e. The van der Waals surface area contributed by atoms with E-state index in [4.69, 9.17) is 19.4 Å². The van der Waals surface area contributed by atoms with Crippen LogP contribution in [0.2, 0.25) is 0 Å². The number of hydrogen-bond donors (Lipinski definition) is 2. The fourth-order valence-electron chi connectivity index (χ4n) is 10.1. The molecule has 7 heterocycles. The zero-order chi connectivity index (χ0) is 42.2. The fraction of sp³-hybridized carbons (Fsp3) is 0.587. The van der Waals surface area contributed by atoms with Gasteiger partial charge in [0.2, 0.25) is 5.91 Å². The zero-order valence-electron chi connectivity index (χ0n) is 36.3. The van der Waals surface area contributed by atoms with Gasteiger partial charge in [0.15, 0.2) is 0 Å². The topological polar surface area (TPSA) is 134 Å². The van der Waals surface area contributed by atoms with E-state index in [0.717, 1.165) is 88.1 Å². The number of cyclic esters (lactones) is 1. The van der Waals surface area contributed by atoms with Crippen LogP contribution < -0.4 is 15.6 Å². The molecule has 2 N–H and O–H groups in total. The van der Waals surface area contributed by atoms with Crippen molar-refractivity contribution in [2.75, 3.05) is 51.8 Å². The SMILES string of the molecule is CCn1c(-c2cc(N3CCN(C)CC3)cnc2[C@H](C)OC)c2c3cc(ccc31)-c1csc(n1)C[C@H](NC(=O)C1[C@@H](C)[C@H]1C)C(=O)N1N[C@H](C(=O)OCC(C)(C)C2)C2CC1C2. The molecule has 60 heavy (non-hydrogen) atoms. The van der Waals surface area contributed by atoms with Crippen LogP contribution in [0.3, 0.4) is 0 Å². The number of carbonyl (C=O) groups is 3. The average Bonchev–Trinajstić information content (AvgIpc) is 3.50. The summed E-state index contributed by atoms with van der Waals surface area (Å²) in [7, 11) is 3.90. The summed E-state index contributed by atoms with van der Waals surface area (Å²) in [5.74, 6) is -0.195. The second kappa shape index (κ2) is 15.8. The quantitative estimate of drug-likeness (QED) is 0.219. The second-order valence-electron chi connectivity index (χ2n) is 18.9. The zero-order valence-corrected chi connectivity index (χ0v) is 37.1. The first kappa shape index (κ1) is 41.0. The number of aromatic nitrogens is 3. The molecule has 2 aliphatic carbocycles. The number of hydrogen-bond acceptors (Lipinski definition) is 11. The van der Waals surface area contributed by atoms with Crippen molar-refractivity contribution < 1.29 is 23.9 Å². The number of benzene rings is 1. The summed E-state index contributed by atoms with van der Waals surface area (Å²) in [6, 6.07) is 7.36. The number of thiazole rings is 1. The number of likely N-dealkylation sites (N-methyl/N-ethyl adjacent to an activating group) is 1. The maximum atomic E-state index is 14.4. The fourth-order valence-corrected chi connectivity index (χ4v) is 10.9. The van der Waals surface area contributed by atoms with Crippen molar-refractivity contribution in [2.45, 2.75) is 98.0 Å². The van der Waals surface area contributed by atoms with Gasteiger partial charge in [0.1, 0.15) is 12.1 Å². The number of nitrogens with one attached hydrogen (secondary N) is 2. The van der Waals surface area contributed by atoms with E-state index in [1.54, 1.807) is 12.1 Å². The van der Waals surface area contributed by atoms with Gasteiger partial charge in [-0.25, -0.2) is 10.4 Å². The van der Waals surface area contributed by atoms with E-state index in [-0.39, 0.29) is 66.6 Å². The molecule has 4 aliphatic heterocycles. The number of esters is 1. The monoisotopic (exact) mass is 836 g/mol. The molecule has 0 spiro atoms. The van der Waals surface area contributed by atoms with Crippen LogP contribution in [0.25, 0.3) is 33.4 Å². The first-order chi connectivity index (χ1) is 28.7. The maximum Gasteiger partial charge on any atom is 0.325 e. The summed E-state index contributed by atoms with van der Waals surface area (Å²) in [6.07, 6.45) is 4.05. The molecule has 3 saturated heterocycles. The molecule has 5 fully saturated rings. The molecular weight excluding hydrogens is 777 g/mol. The van der Waals surface area contributed by atoms with Crippen LogP contribution in [-0.4, -0.2) is 107 Å². The Hall–Kier alpha value is -4.37. The Morgan fingerprint density at radius 1 is 1.12 bits per heavy atom. The third-order valence-electron chi connectivity index (χ3n) is 14.2. The molecule has 6 aliphatic rings. The molecule has 14 heteroatoms. The molecule has 320 valence electrons. The standard InChI is InChI=1S/C46H60N8O5S/c1-9-53-37-11-10-28-18-32(37)34(42(53)33-19-31(22-47-40(33)27(4)58-8)52-14-12-51(7)13-15-52)21-46(5,6)24-59-45(57)41-29-16-30(17-29)54(50-41)44(56)35(20-38-48-36(28)23-60-38)49-43(55)39-25(2)26(39)3/h10-11,18-19,22-23,25-27,29-30,35,39,41,50H,9,12-17,20-21,24H2,1-8H3,(H,49,55)/t25-,26+,27-,29?,30?,35-,39?,41-/m0/s1. The first-order valence-corrected chi connectivity index (χ1v) is 22.8. The van der Waals surface area contributed by atoms with Crippen LogP contribution in [0.15, 0.2) is 35.8 Å². The largest absolute Gasteiger partial charge is 0.464 e. The molecule has 13 nitrogen and oxygen atoms in total. The van der Waals surface area contributed by atoms with Gasteiger partial charge < -0.3 is 29.2 Å². The normalized spacial score (nSPS) is 28.5. The lowest BCUT2D eigenvalue weighted by molar-refractivity contribution is -0.171. The highest BCUT2D eigenvalue weighted by molar-refractivity contribution is 7.10. The number of fused-ring (bicyclic) bond motifs is 4. The summed E-state index contributed by atoms with van der Waals surface area (Å²) in [4.78, 5) is 57.1. The molecule has 10 rings (SSSR count). The summed E-state index contributed by atoms with van der Waals surface area (Å²) in [5, 5.41) is 8.67. The van der Waals surface area contributed by atoms with E-state index < -0.39 is 17.5 Å². The van der Waals surface area contributed by atoms with Crippen LogP contribution in [0, 0.1) is 29.1 Å². The maximum absolute atomic E-state index is 14.4. The Balaban J connectivity index is 1.17. The van der Waals surface area contributed by atoms with Crippen LogP contribution in [0.5, 0.6) is 0 Å². The van der Waals surface area contributed by atoms with E-state index >= 15 is 0 Å². The third-order valence-corrected chi connectivity index (χ3v) is 15.1. The van der Waals surface area contributed by atoms with E-state index in [0.29, 0.717) is 19.3 Å². The van der Waals surface area contributed by atoms with Gasteiger partial charge in [-0.2, -0.15) is 0 Å². The smallest absolute Gasteiger partial charge is 0.325 e. The van der Waals surface area contributed by atoms with Crippen molar-refractivity contribution in [3.8, 4) is 22.5 Å². The highest BCUT2D eigenvalue weighted by Crippen LogP contribution is 2.46. The molecule has 2 saturated carbocycles. The lowest BCUT2D eigenvalue weighted by Crippen LogP contribution is -2.71. The number of piperazine rings is 1. The van der Waals surface area contributed by atoms with Crippen molar-refractivity contribution in [1.29, 1.82) is 0 Å². The molecule has 1 aromatic carbocycles. The molecule has 0 radical (unpaired) electrons. The Kier molecular flexibility index (Phi) is 10.8. The number of ether oxygens (including phenoxy) is 2. The molecule has 1 unspecified atom stereocenters. The lowest BCUT2D eigenvalue weighted by atomic mass is 9.73. The Morgan fingerprint density at radius 3 is 2.57 bits per heavy atom. The molecule has 2 amide bonds. The highest BCUT2D eigenvalue weighted by atomic mass is 32.1. The minimum atomic E-state index is -0.829. The van der Waals surface area contributed by atoms with Crippen LogP contribution >= 0.6 is 11.3 Å². The van der Waals surface area contributed by atoms with E-state index in [2.05, 4.69) is 103 Å². The average molecular weight is 837 g/mol. The number of aryl methyl sites for hydroxylation is 1.